The lowest BCUT2D eigenvalue weighted by atomic mass is 9.72. The van der Waals surface area contributed by atoms with Crippen LogP contribution in [0.4, 0.5) is 4.39 Å². The van der Waals surface area contributed by atoms with Crippen LogP contribution in [0.1, 0.15) is 78.4 Å². The zero-order chi connectivity index (χ0) is 24.7. The summed E-state index contributed by atoms with van der Waals surface area (Å²) in [4.78, 5) is 27.0. The molecule has 0 aliphatic carbocycles. The molecular weight excluding hydrogens is 422 g/mol. The molecule has 2 aromatic rings. The lowest BCUT2D eigenvalue weighted by molar-refractivity contribution is -0.0167. The second kappa shape index (κ2) is 8.91. The Kier molecular flexibility index (Phi) is 6.73. The summed E-state index contributed by atoms with van der Waals surface area (Å²) >= 11 is 0. The van der Waals surface area contributed by atoms with Gasteiger partial charge in [0.05, 0.1) is 17.7 Å². The van der Waals surface area contributed by atoms with E-state index in [0.717, 1.165) is 11.1 Å². The lowest BCUT2D eigenvalue weighted by Gasteiger charge is -2.49. The van der Waals surface area contributed by atoms with Crippen molar-refractivity contribution in [1.82, 2.24) is 10.4 Å². The number of fused-ring (bicyclic) bond motifs is 1. The Morgan fingerprint density at radius 1 is 1.15 bits per heavy atom. The summed E-state index contributed by atoms with van der Waals surface area (Å²) in [5, 5.41) is 11.3. The van der Waals surface area contributed by atoms with Crippen molar-refractivity contribution >= 4 is 24.4 Å². The van der Waals surface area contributed by atoms with Gasteiger partial charge < -0.3 is 9.68 Å². The zero-order valence-electron chi connectivity index (χ0n) is 20.4. The minimum Gasteiger partial charge on any atom is -0.423 e. The normalized spacial score (nSPS) is 15.1. The third-order valence-electron chi connectivity index (χ3n) is 6.84. The van der Waals surface area contributed by atoms with Crippen LogP contribution in [-0.2, 0) is 11.3 Å². The predicted molar refractivity (Wildman–Crippen MR) is 126 cm³/mol. The van der Waals surface area contributed by atoms with Crippen LogP contribution in [0.5, 0.6) is 0 Å². The Hall–Kier alpha value is -2.71. The number of benzene rings is 2. The molecule has 0 bridgehead atoms. The number of carbonyl (C=O) groups is 2. The summed E-state index contributed by atoms with van der Waals surface area (Å²) in [6.07, 6.45) is 0.548. The molecule has 33 heavy (non-hydrogen) atoms. The maximum absolute atomic E-state index is 15.2. The topological polar surface area (TPSA) is 78.9 Å². The molecule has 0 radical (unpaired) electrons. The third-order valence-corrected chi connectivity index (χ3v) is 6.84. The van der Waals surface area contributed by atoms with Crippen LogP contribution in [0.2, 0.25) is 0 Å². The highest BCUT2D eigenvalue weighted by molar-refractivity contribution is 6.61. The van der Waals surface area contributed by atoms with Crippen molar-refractivity contribution in [3.05, 3.63) is 64.0 Å². The van der Waals surface area contributed by atoms with Gasteiger partial charge in [0.25, 0.3) is 11.8 Å². The molecule has 0 aromatic heterocycles. The van der Waals surface area contributed by atoms with Gasteiger partial charge >= 0.3 is 7.12 Å². The average molecular weight is 454 g/mol. The number of aryl methyl sites for hydroxylation is 2. The molecule has 0 unspecified atom stereocenters. The van der Waals surface area contributed by atoms with E-state index in [4.69, 9.17) is 4.65 Å². The van der Waals surface area contributed by atoms with Crippen molar-refractivity contribution in [2.24, 2.45) is 5.41 Å². The summed E-state index contributed by atoms with van der Waals surface area (Å²) in [5.41, 5.74) is 3.99. The van der Waals surface area contributed by atoms with Crippen LogP contribution in [0, 0.1) is 25.1 Å². The van der Waals surface area contributed by atoms with Gasteiger partial charge in [-0.05, 0) is 56.4 Å². The fraction of sp³-hybridized carbons (Fsp3) is 0.440. The molecule has 1 heterocycles. The van der Waals surface area contributed by atoms with Crippen LogP contribution in [0.15, 0.2) is 30.3 Å². The number of nitrogens with zero attached hydrogens (tertiary/aromatic N) is 1. The monoisotopic (exact) mass is 454 g/mol. The Bertz CT molecular complexity index is 1080. The summed E-state index contributed by atoms with van der Waals surface area (Å²) in [7, 11) is -1.42. The minimum absolute atomic E-state index is 0.0380. The molecule has 2 amide bonds. The van der Waals surface area contributed by atoms with Crippen molar-refractivity contribution in [1.29, 1.82) is 0 Å². The maximum Gasteiger partial charge on any atom is 0.494 e. The second-order valence-electron chi connectivity index (χ2n) is 10.00. The molecule has 1 aliphatic heterocycles. The van der Waals surface area contributed by atoms with Gasteiger partial charge in [0.2, 0.25) is 0 Å². The van der Waals surface area contributed by atoms with Crippen LogP contribution in [-0.4, -0.2) is 34.5 Å². The molecule has 0 saturated heterocycles. The minimum atomic E-state index is -1.42. The van der Waals surface area contributed by atoms with Gasteiger partial charge in [-0.3, -0.25) is 15.0 Å². The van der Waals surface area contributed by atoms with Gasteiger partial charge in [-0.1, -0.05) is 51.0 Å². The van der Waals surface area contributed by atoms with Crippen molar-refractivity contribution in [3.63, 3.8) is 0 Å². The van der Waals surface area contributed by atoms with Crippen molar-refractivity contribution in [2.75, 3.05) is 0 Å². The summed E-state index contributed by atoms with van der Waals surface area (Å²) in [6, 6.07) is 8.43. The Labute approximate surface area is 195 Å². The van der Waals surface area contributed by atoms with E-state index < -0.39 is 29.8 Å². The number of hydrazine groups is 1. The largest absolute Gasteiger partial charge is 0.494 e. The smallest absolute Gasteiger partial charge is 0.423 e. The second-order valence-corrected chi connectivity index (χ2v) is 10.00. The van der Waals surface area contributed by atoms with Crippen molar-refractivity contribution in [3.8, 4) is 0 Å². The number of hydrogen-bond acceptors (Lipinski definition) is 4. The number of nitrogens with one attached hydrogen (secondary N) is 1. The first kappa shape index (κ1) is 24.9. The number of hydrogen-bond donors (Lipinski definition) is 2. The quantitative estimate of drug-likeness (QED) is 0.546. The fourth-order valence-corrected chi connectivity index (χ4v) is 4.26. The summed E-state index contributed by atoms with van der Waals surface area (Å²) in [6.45, 7) is 13.7. The number of amides is 2. The molecule has 3 rings (SSSR count). The van der Waals surface area contributed by atoms with E-state index in [1.807, 2.05) is 54.5 Å². The molecule has 0 saturated carbocycles. The molecule has 2 aromatic carbocycles. The predicted octanol–water partition coefficient (Wildman–Crippen LogP) is 3.66. The summed E-state index contributed by atoms with van der Waals surface area (Å²) in [5.74, 6) is -1.99. The fourth-order valence-electron chi connectivity index (χ4n) is 4.26. The van der Waals surface area contributed by atoms with Crippen LogP contribution < -0.4 is 10.9 Å². The van der Waals surface area contributed by atoms with Gasteiger partial charge in [-0.15, -0.1) is 0 Å². The number of halogens is 1. The molecule has 176 valence electrons. The first-order valence-electron chi connectivity index (χ1n) is 11.1. The van der Waals surface area contributed by atoms with E-state index in [1.54, 1.807) is 18.2 Å². The van der Waals surface area contributed by atoms with E-state index in [1.165, 1.54) is 11.1 Å². The van der Waals surface area contributed by atoms with Gasteiger partial charge in [-0.2, -0.15) is 0 Å². The van der Waals surface area contributed by atoms with E-state index in [0.29, 0.717) is 17.5 Å². The van der Waals surface area contributed by atoms with Gasteiger partial charge in [0.1, 0.15) is 5.82 Å². The first-order chi connectivity index (χ1) is 15.3. The lowest BCUT2D eigenvalue weighted by Crippen LogP contribution is -2.63. The van der Waals surface area contributed by atoms with Crippen molar-refractivity contribution < 1.29 is 23.7 Å². The van der Waals surface area contributed by atoms with E-state index >= 15 is 4.39 Å². The SMILES string of the molecule is CC[C@@](C)(N(NC(=O)c1ccc2c(c1F)B(O)OC2)C(=O)c1cc(C)cc(C)c1)C(C)(C)C. The number of carbonyl (C=O) groups excluding carboxylic acids is 2. The Balaban J connectivity index is 2.06. The molecule has 0 fully saturated rings. The van der Waals surface area contributed by atoms with Crippen LogP contribution in [0.3, 0.4) is 0 Å². The molecule has 1 atom stereocenters. The molecular formula is C25H32BFN2O4. The van der Waals surface area contributed by atoms with Gasteiger partial charge in [-0.25, -0.2) is 9.40 Å². The molecule has 0 spiro atoms. The molecule has 6 nitrogen and oxygen atoms in total. The Morgan fingerprint density at radius 2 is 1.76 bits per heavy atom. The standard InChI is InChI=1S/C25H32BFN2O4/c1-8-25(7,24(4,5)6)29(23(31)18-12-15(2)11-16(3)13-18)28-22(30)19-10-9-17-14-33-26(32)20(17)21(19)27/h9-13,32H,8,14H2,1-7H3,(H,28,30)/t25-/m1/s1. The zero-order valence-corrected chi connectivity index (χ0v) is 20.4. The molecule has 1 aliphatic rings. The highest BCUT2D eigenvalue weighted by atomic mass is 19.1. The molecule has 2 N–H and O–H groups in total. The van der Waals surface area contributed by atoms with Crippen molar-refractivity contribution in [2.45, 2.75) is 67.0 Å². The highest BCUT2D eigenvalue weighted by Gasteiger charge is 2.45. The summed E-state index contributed by atoms with van der Waals surface area (Å²) < 4.78 is 20.2. The maximum atomic E-state index is 15.2. The van der Waals surface area contributed by atoms with Crippen LogP contribution >= 0.6 is 0 Å². The highest BCUT2D eigenvalue weighted by Crippen LogP contribution is 2.38. The van der Waals surface area contributed by atoms with E-state index in [9.17, 15) is 14.6 Å². The Morgan fingerprint density at radius 3 is 2.30 bits per heavy atom. The number of rotatable bonds is 4. The van der Waals surface area contributed by atoms with Gasteiger partial charge in [0, 0.05) is 11.0 Å². The average Bonchev–Trinajstić information content (AvgIpc) is 3.11. The molecule has 8 heteroatoms. The van der Waals surface area contributed by atoms with E-state index in [-0.39, 0.29) is 23.5 Å². The first-order valence-corrected chi connectivity index (χ1v) is 11.1. The van der Waals surface area contributed by atoms with E-state index in [2.05, 4.69) is 5.43 Å². The third kappa shape index (κ3) is 4.55. The van der Waals surface area contributed by atoms with Gasteiger partial charge in [0.15, 0.2) is 0 Å². The van der Waals surface area contributed by atoms with Crippen LogP contribution in [0.25, 0.3) is 0 Å².